The zero-order valence-electron chi connectivity index (χ0n) is 22.0. The molecule has 1 atom stereocenters. The van der Waals surface area contributed by atoms with E-state index in [4.69, 9.17) is 9.47 Å². The minimum Gasteiger partial charge on any atom is -0.506 e. The zero-order chi connectivity index (χ0) is 26.8. The van der Waals surface area contributed by atoms with Gasteiger partial charge in [0.05, 0.1) is 17.4 Å². The van der Waals surface area contributed by atoms with Gasteiger partial charge in [-0.05, 0) is 66.0 Å². The predicted octanol–water partition coefficient (Wildman–Crippen LogP) is 3.21. The maximum Gasteiger partial charge on any atom is 0.410 e. The number of hydrogen-bond acceptors (Lipinski definition) is 8. The number of fused-ring (bicyclic) bond motifs is 1. The number of phenolic OH excluding ortho intramolecular Hbond substituents is 1. The van der Waals surface area contributed by atoms with E-state index in [9.17, 15) is 24.8 Å². The molecule has 2 heterocycles. The third-order valence-electron chi connectivity index (χ3n) is 5.93. The predicted molar refractivity (Wildman–Crippen MR) is 134 cm³/mol. The van der Waals surface area contributed by atoms with Crippen LogP contribution in [0.1, 0.15) is 53.5 Å². The van der Waals surface area contributed by atoms with Gasteiger partial charge in [0.2, 0.25) is 5.91 Å². The highest BCUT2D eigenvalue weighted by Crippen LogP contribution is 2.39. The number of amides is 2. The Balaban J connectivity index is 1.82. The summed E-state index contributed by atoms with van der Waals surface area (Å²) < 4.78 is 10.9. The number of aryl methyl sites for hydroxylation is 1. The molecule has 10 nitrogen and oxygen atoms in total. The Kier molecular flexibility index (Phi) is 7.72. The Hall–Kier alpha value is -3.48. The molecule has 2 amide bonds. The van der Waals surface area contributed by atoms with Crippen LogP contribution in [0.15, 0.2) is 12.1 Å². The maximum absolute atomic E-state index is 13.3. The second-order valence-electron chi connectivity index (χ2n) is 11.1. The van der Waals surface area contributed by atoms with E-state index in [0.717, 1.165) is 5.56 Å². The van der Waals surface area contributed by atoms with Gasteiger partial charge in [-0.1, -0.05) is 0 Å². The molecule has 10 heteroatoms. The molecule has 36 heavy (non-hydrogen) atoms. The minimum atomic E-state index is -1.03. The maximum atomic E-state index is 13.3. The van der Waals surface area contributed by atoms with Gasteiger partial charge in [0.15, 0.2) is 0 Å². The first kappa shape index (κ1) is 27.1. The molecule has 1 N–H and O–H groups in total. The molecule has 1 fully saturated rings. The van der Waals surface area contributed by atoms with E-state index >= 15 is 0 Å². The van der Waals surface area contributed by atoms with Gasteiger partial charge in [-0.15, -0.1) is 0 Å². The number of phenols is 1. The van der Waals surface area contributed by atoms with Crippen LogP contribution in [-0.4, -0.2) is 71.9 Å². The molecule has 0 bridgehead atoms. The monoisotopic (exact) mass is 500 g/mol. The SMILES string of the molecule is CC(C)(C)OC(=O)C1CCc2cc(N3CCN(C(=O)OC(C)(C)C)CC3)c(O)cc2N(CC#N)C1=O. The van der Waals surface area contributed by atoms with Crippen molar-refractivity contribution >= 4 is 29.3 Å². The Morgan fingerprint density at radius 2 is 1.64 bits per heavy atom. The Labute approximate surface area is 212 Å². The smallest absolute Gasteiger partial charge is 0.410 e. The van der Waals surface area contributed by atoms with E-state index < -0.39 is 29.0 Å². The molecule has 1 unspecified atom stereocenters. The summed E-state index contributed by atoms with van der Waals surface area (Å²) in [6, 6.07) is 5.28. The van der Waals surface area contributed by atoms with Crippen LogP contribution >= 0.6 is 0 Å². The van der Waals surface area contributed by atoms with Crippen LogP contribution in [0.2, 0.25) is 0 Å². The number of nitriles is 1. The van der Waals surface area contributed by atoms with Crippen LogP contribution in [0.5, 0.6) is 5.75 Å². The van der Waals surface area contributed by atoms with Crippen LogP contribution in [0.3, 0.4) is 0 Å². The standard InChI is InChI=1S/C26H36N4O6/c1-25(2,3)35-23(33)18-8-7-17-15-20(21(31)16-19(17)30(10-9-27)22(18)32)28-11-13-29(14-12-28)24(34)36-26(4,5)6/h15-16,18,31H,7-8,10-14H2,1-6H3. The molecule has 0 aromatic heterocycles. The van der Waals surface area contributed by atoms with Crippen LogP contribution in [0, 0.1) is 17.2 Å². The number of carbonyl (C=O) groups excluding carboxylic acids is 3. The van der Waals surface area contributed by atoms with Crippen molar-refractivity contribution in [3.63, 3.8) is 0 Å². The highest BCUT2D eigenvalue weighted by Gasteiger charge is 2.38. The third kappa shape index (κ3) is 6.39. The van der Waals surface area contributed by atoms with E-state index in [0.29, 0.717) is 44.0 Å². The fourth-order valence-electron chi connectivity index (χ4n) is 4.33. The molecule has 0 radical (unpaired) electrons. The second-order valence-corrected chi connectivity index (χ2v) is 11.1. The average Bonchev–Trinajstić information content (AvgIpc) is 2.88. The molecular weight excluding hydrogens is 464 g/mol. The second kappa shape index (κ2) is 10.2. The van der Waals surface area contributed by atoms with Crippen molar-refractivity contribution in [1.29, 1.82) is 5.26 Å². The molecule has 1 aromatic rings. The van der Waals surface area contributed by atoms with E-state index in [1.54, 1.807) is 25.7 Å². The van der Waals surface area contributed by atoms with Crippen molar-refractivity contribution in [3.05, 3.63) is 17.7 Å². The lowest BCUT2D eigenvalue weighted by molar-refractivity contribution is -0.162. The molecule has 0 spiro atoms. The number of anilines is 2. The summed E-state index contributed by atoms with van der Waals surface area (Å²) >= 11 is 0. The van der Waals surface area contributed by atoms with Crippen molar-refractivity contribution in [2.75, 3.05) is 42.5 Å². The lowest BCUT2D eigenvalue weighted by Gasteiger charge is -2.37. The Morgan fingerprint density at radius 1 is 1.03 bits per heavy atom. The van der Waals surface area contributed by atoms with E-state index in [1.165, 1.54) is 11.0 Å². The Bertz CT molecular complexity index is 1060. The summed E-state index contributed by atoms with van der Waals surface area (Å²) in [6.07, 6.45) is 0.268. The van der Waals surface area contributed by atoms with Gasteiger partial charge in [0.25, 0.3) is 0 Å². The number of rotatable bonds is 3. The molecule has 2 aliphatic rings. The normalized spacial score (nSPS) is 18.8. The first-order valence-corrected chi connectivity index (χ1v) is 12.2. The van der Waals surface area contributed by atoms with Crippen LogP contribution < -0.4 is 9.80 Å². The molecule has 3 rings (SSSR count). The number of nitrogens with zero attached hydrogens (tertiary/aromatic N) is 4. The minimum absolute atomic E-state index is 0.0362. The number of aromatic hydroxyl groups is 1. The van der Waals surface area contributed by atoms with Gasteiger partial charge in [-0.25, -0.2) is 4.79 Å². The lowest BCUT2D eigenvalue weighted by atomic mass is 9.99. The van der Waals surface area contributed by atoms with Crippen molar-refractivity contribution in [1.82, 2.24) is 4.90 Å². The van der Waals surface area contributed by atoms with Gasteiger partial charge >= 0.3 is 12.1 Å². The fourth-order valence-corrected chi connectivity index (χ4v) is 4.33. The molecule has 0 saturated carbocycles. The quantitative estimate of drug-likeness (QED) is 0.381. The number of ether oxygens (including phenoxy) is 2. The van der Waals surface area contributed by atoms with Gasteiger partial charge < -0.3 is 24.4 Å². The molecular formula is C26H36N4O6. The van der Waals surface area contributed by atoms with E-state index in [-0.39, 0.29) is 24.8 Å². The topological polar surface area (TPSA) is 123 Å². The highest BCUT2D eigenvalue weighted by molar-refractivity contribution is 6.07. The average molecular weight is 501 g/mol. The largest absolute Gasteiger partial charge is 0.506 e. The highest BCUT2D eigenvalue weighted by atomic mass is 16.6. The first-order valence-electron chi connectivity index (χ1n) is 12.2. The molecule has 1 aromatic carbocycles. The van der Waals surface area contributed by atoms with Crippen molar-refractivity contribution in [2.45, 2.75) is 65.6 Å². The van der Waals surface area contributed by atoms with Crippen molar-refractivity contribution in [3.8, 4) is 11.8 Å². The number of esters is 1. The van der Waals surface area contributed by atoms with Gasteiger partial charge in [-0.2, -0.15) is 5.26 Å². The first-order chi connectivity index (χ1) is 16.7. The molecule has 1 saturated heterocycles. The zero-order valence-corrected chi connectivity index (χ0v) is 22.0. The third-order valence-corrected chi connectivity index (χ3v) is 5.93. The van der Waals surface area contributed by atoms with Gasteiger partial charge in [-0.3, -0.25) is 14.5 Å². The number of carbonyl (C=O) groups is 3. The summed E-state index contributed by atoms with van der Waals surface area (Å²) in [5.74, 6) is -2.20. The summed E-state index contributed by atoms with van der Waals surface area (Å²) in [5, 5.41) is 20.2. The summed E-state index contributed by atoms with van der Waals surface area (Å²) in [5.41, 5.74) is 0.433. The van der Waals surface area contributed by atoms with Gasteiger partial charge in [0, 0.05) is 32.2 Å². The van der Waals surface area contributed by atoms with Crippen LogP contribution in [0.25, 0.3) is 0 Å². The van der Waals surface area contributed by atoms with Crippen molar-refractivity contribution in [2.24, 2.45) is 5.92 Å². The summed E-state index contributed by atoms with van der Waals surface area (Å²) in [4.78, 5) is 43.3. The van der Waals surface area contributed by atoms with Crippen LogP contribution in [0.4, 0.5) is 16.2 Å². The molecule has 2 aliphatic heterocycles. The van der Waals surface area contributed by atoms with E-state index in [1.807, 2.05) is 37.8 Å². The fraction of sp³-hybridized carbons (Fsp3) is 0.615. The number of hydrogen-bond donors (Lipinski definition) is 1. The summed E-state index contributed by atoms with van der Waals surface area (Å²) in [6.45, 7) is 12.3. The molecule has 196 valence electrons. The number of benzene rings is 1. The van der Waals surface area contributed by atoms with E-state index in [2.05, 4.69) is 0 Å². The summed E-state index contributed by atoms with van der Waals surface area (Å²) in [7, 11) is 0. The van der Waals surface area contributed by atoms with Gasteiger partial charge in [0.1, 0.15) is 29.4 Å². The number of piperazine rings is 1. The molecule has 0 aliphatic carbocycles. The lowest BCUT2D eigenvalue weighted by Crippen LogP contribution is -2.50. The van der Waals surface area contributed by atoms with Crippen LogP contribution in [-0.2, 0) is 25.5 Å². The Morgan fingerprint density at radius 3 is 2.19 bits per heavy atom. The van der Waals surface area contributed by atoms with Crippen molar-refractivity contribution < 1.29 is 29.0 Å².